The summed E-state index contributed by atoms with van der Waals surface area (Å²) in [6.07, 6.45) is 0. The van der Waals surface area contributed by atoms with Crippen LogP contribution in [0.3, 0.4) is 0 Å². The van der Waals surface area contributed by atoms with Crippen molar-refractivity contribution in [3.8, 4) is 16.8 Å². The van der Waals surface area contributed by atoms with Crippen molar-refractivity contribution in [3.63, 3.8) is 0 Å². The fourth-order valence-corrected chi connectivity index (χ4v) is 3.45. The van der Waals surface area contributed by atoms with Crippen LogP contribution in [0.15, 0.2) is 48.5 Å². The molecule has 32 heavy (non-hydrogen) atoms. The number of aromatic nitrogens is 2. The van der Waals surface area contributed by atoms with Crippen LogP contribution >= 0.6 is 0 Å². The molecule has 1 unspecified atom stereocenters. The molecule has 1 heterocycles. The lowest BCUT2D eigenvalue weighted by molar-refractivity contribution is 0.0820. The Bertz CT molecular complexity index is 1120. The topological polar surface area (TPSA) is 76.5 Å². The van der Waals surface area contributed by atoms with E-state index >= 15 is 0 Å². The molecular weight excluding hydrogens is 404 g/mol. The third-order valence-electron chi connectivity index (χ3n) is 5.12. The lowest BCUT2D eigenvalue weighted by Crippen LogP contribution is -2.35. The zero-order valence-electron chi connectivity index (χ0n) is 19.5. The second-order valence-electron chi connectivity index (χ2n) is 8.25. The Kier molecular flexibility index (Phi) is 7.10. The first-order valence-electron chi connectivity index (χ1n) is 10.5. The van der Waals surface area contributed by atoms with E-state index in [0.717, 1.165) is 22.4 Å². The molecule has 0 saturated carbocycles. The lowest BCUT2D eigenvalue weighted by Gasteiger charge is -2.15. The van der Waals surface area contributed by atoms with E-state index in [1.54, 1.807) is 38.0 Å². The molecule has 0 bridgehead atoms. The molecule has 0 spiro atoms. The van der Waals surface area contributed by atoms with E-state index in [0.29, 0.717) is 23.6 Å². The molecule has 0 aliphatic rings. The van der Waals surface area contributed by atoms with E-state index in [4.69, 9.17) is 4.74 Å². The standard InChI is InChI=1S/C25H30N4O3/c1-16-7-9-19(10-8-16)20-12-21(24(30)26-17(2)15-32-6)14-22(13-20)29-18(3)11-23(27-29)25(31)28(4)5/h7-14,17H,15H2,1-6H3,(H,26,30). The van der Waals surface area contributed by atoms with Gasteiger partial charge in [-0.15, -0.1) is 0 Å². The summed E-state index contributed by atoms with van der Waals surface area (Å²) in [6, 6.07) is 15.4. The summed E-state index contributed by atoms with van der Waals surface area (Å²) in [5.74, 6) is -0.368. The van der Waals surface area contributed by atoms with Crippen molar-refractivity contribution in [2.45, 2.75) is 26.8 Å². The summed E-state index contributed by atoms with van der Waals surface area (Å²) < 4.78 is 6.83. The van der Waals surface area contributed by atoms with Gasteiger partial charge >= 0.3 is 0 Å². The quantitative estimate of drug-likeness (QED) is 0.616. The van der Waals surface area contributed by atoms with Crippen molar-refractivity contribution in [1.29, 1.82) is 0 Å². The number of methoxy groups -OCH3 is 1. The van der Waals surface area contributed by atoms with Gasteiger partial charge in [-0.05, 0) is 56.2 Å². The van der Waals surface area contributed by atoms with Crippen molar-refractivity contribution in [2.75, 3.05) is 27.8 Å². The Morgan fingerprint density at radius 1 is 1.06 bits per heavy atom. The molecule has 7 heteroatoms. The van der Waals surface area contributed by atoms with Gasteiger partial charge < -0.3 is 15.0 Å². The predicted octanol–water partition coefficient (Wildman–Crippen LogP) is 3.62. The van der Waals surface area contributed by atoms with Gasteiger partial charge in [0.1, 0.15) is 0 Å². The first-order chi connectivity index (χ1) is 15.2. The Morgan fingerprint density at radius 3 is 2.38 bits per heavy atom. The molecule has 0 aliphatic carbocycles. The van der Waals surface area contributed by atoms with Gasteiger partial charge in [0.25, 0.3) is 11.8 Å². The average molecular weight is 435 g/mol. The average Bonchev–Trinajstić information content (AvgIpc) is 3.15. The van der Waals surface area contributed by atoms with Gasteiger partial charge in [-0.3, -0.25) is 9.59 Å². The van der Waals surface area contributed by atoms with Gasteiger partial charge in [0.15, 0.2) is 5.69 Å². The molecule has 3 rings (SSSR count). The predicted molar refractivity (Wildman–Crippen MR) is 125 cm³/mol. The molecule has 168 valence electrons. The highest BCUT2D eigenvalue weighted by Gasteiger charge is 2.18. The number of carbonyl (C=O) groups excluding carboxylic acids is 2. The minimum atomic E-state index is -0.195. The van der Waals surface area contributed by atoms with Crippen LogP contribution in [0.5, 0.6) is 0 Å². The Balaban J connectivity index is 2.09. The molecule has 2 amide bonds. The second-order valence-corrected chi connectivity index (χ2v) is 8.25. The SMILES string of the molecule is COCC(C)NC(=O)c1cc(-c2ccc(C)cc2)cc(-n2nc(C(=O)N(C)C)cc2C)c1. The number of hydrogen-bond donors (Lipinski definition) is 1. The van der Waals surface area contributed by atoms with Crippen molar-refractivity contribution in [2.24, 2.45) is 0 Å². The monoisotopic (exact) mass is 434 g/mol. The number of rotatable bonds is 7. The molecule has 7 nitrogen and oxygen atoms in total. The largest absolute Gasteiger partial charge is 0.383 e. The van der Waals surface area contributed by atoms with Crippen LogP contribution in [0.1, 0.15) is 39.0 Å². The highest BCUT2D eigenvalue weighted by atomic mass is 16.5. The first kappa shape index (κ1) is 23.2. The van der Waals surface area contributed by atoms with Crippen molar-refractivity contribution in [3.05, 3.63) is 71.0 Å². The number of benzene rings is 2. The molecule has 0 saturated heterocycles. The summed E-state index contributed by atoms with van der Waals surface area (Å²) in [7, 11) is 4.99. The van der Waals surface area contributed by atoms with Crippen molar-refractivity contribution in [1.82, 2.24) is 20.0 Å². The fourth-order valence-electron chi connectivity index (χ4n) is 3.45. The molecule has 1 aromatic heterocycles. The zero-order valence-corrected chi connectivity index (χ0v) is 19.5. The van der Waals surface area contributed by atoms with Gasteiger partial charge in [-0.1, -0.05) is 29.8 Å². The molecule has 1 atom stereocenters. The summed E-state index contributed by atoms with van der Waals surface area (Å²) in [5, 5.41) is 7.48. The fraction of sp³-hybridized carbons (Fsp3) is 0.320. The highest BCUT2D eigenvalue weighted by Crippen LogP contribution is 2.26. The van der Waals surface area contributed by atoms with Crippen LogP contribution in [0.4, 0.5) is 0 Å². The first-order valence-corrected chi connectivity index (χ1v) is 10.5. The summed E-state index contributed by atoms with van der Waals surface area (Å²) in [5.41, 5.74) is 5.42. The highest BCUT2D eigenvalue weighted by molar-refractivity contribution is 5.96. The number of ether oxygens (including phenoxy) is 1. The molecule has 2 aromatic carbocycles. The van der Waals surface area contributed by atoms with Crippen molar-refractivity contribution >= 4 is 11.8 Å². The molecule has 3 aromatic rings. The van der Waals surface area contributed by atoms with E-state index in [2.05, 4.69) is 10.4 Å². The molecular formula is C25H30N4O3. The number of hydrogen-bond acceptors (Lipinski definition) is 4. The molecule has 0 fully saturated rings. The van der Waals surface area contributed by atoms with Gasteiger partial charge in [0, 0.05) is 38.5 Å². The third kappa shape index (κ3) is 5.23. The Hall–Kier alpha value is -3.45. The number of nitrogens with zero attached hydrogens (tertiary/aromatic N) is 3. The van der Waals surface area contributed by atoms with Crippen LogP contribution in [0, 0.1) is 13.8 Å². The smallest absolute Gasteiger partial charge is 0.273 e. The maximum absolute atomic E-state index is 13.0. The Morgan fingerprint density at radius 2 is 1.75 bits per heavy atom. The van der Waals surface area contributed by atoms with E-state index in [-0.39, 0.29) is 17.9 Å². The van der Waals surface area contributed by atoms with Gasteiger partial charge in [0.2, 0.25) is 0 Å². The maximum Gasteiger partial charge on any atom is 0.273 e. The molecule has 0 aliphatic heterocycles. The van der Waals surface area contributed by atoms with Crippen LogP contribution in [0.25, 0.3) is 16.8 Å². The lowest BCUT2D eigenvalue weighted by atomic mass is 10.0. The normalized spacial score (nSPS) is 11.8. The minimum Gasteiger partial charge on any atom is -0.383 e. The van der Waals surface area contributed by atoms with Crippen LogP contribution in [-0.4, -0.2) is 60.3 Å². The van der Waals surface area contributed by atoms with Crippen LogP contribution in [-0.2, 0) is 4.74 Å². The molecule has 1 N–H and O–H groups in total. The van der Waals surface area contributed by atoms with Gasteiger partial charge in [0.05, 0.1) is 12.3 Å². The minimum absolute atomic E-state index is 0.130. The van der Waals surface area contributed by atoms with Crippen LogP contribution in [0.2, 0.25) is 0 Å². The molecule has 0 radical (unpaired) electrons. The van der Waals surface area contributed by atoms with E-state index in [1.165, 1.54) is 4.90 Å². The number of aryl methyl sites for hydroxylation is 2. The summed E-state index contributed by atoms with van der Waals surface area (Å²) >= 11 is 0. The second kappa shape index (κ2) is 9.78. The van der Waals surface area contributed by atoms with Crippen LogP contribution < -0.4 is 5.32 Å². The van der Waals surface area contributed by atoms with Gasteiger partial charge in [-0.2, -0.15) is 5.10 Å². The van der Waals surface area contributed by atoms with E-state index < -0.39 is 0 Å². The summed E-state index contributed by atoms with van der Waals surface area (Å²) in [6.45, 7) is 6.23. The van der Waals surface area contributed by atoms with Crippen molar-refractivity contribution < 1.29 is 14.3 Å². The third-order valence-corrected chi connectivity index (χ3v) is 5.12. The maximum atomic E-state index is 13.0. The summed E-state index contributed by atoms with van der Waals surface area (Å²) in [4.78, 5) is 26.9. The van der Waals surface area contributed by atoms with E-state index in [9.17, 15) is 9.59 Å². The Labute approximate surface area is 189 Å². The number of nitrogens with one attached hydrogen (secondary N) is 1. The number of carbonyl (C=O) groups is 2. The van der Waals surface area contributed by atoms with Gasteiger partial charge in [-0.25, -0.2) is 4.68 Å². The number of amides is 2. The zero-order chi connectivity index (χ0) is 23.4. The van der Waals surface area contributed by atoms with E-state index in [1.807, 2.05) is 57.2 Å².